The van der Waals surface area contributed by atoms with E-state index < -0.39 is 0 Å². The molecule has 0 bridgehead atoms. The first kappa shape index (κ1) is 12.9. The highest BCUT2D eigenvalue weighted by atomic mass is 16.3. The van der Waals surface area contributed by atoms with Crippen LogP contribution in [0.3, 0.4) is 0 Å². The highest BCUT2D eigenvalue weighted by Gasteiger charge is 1.98. The molecular formula is C11H24O2. The van der Waals surface area contributed by atoms with Crippen LogP contribution in [0.5, 0.6) is 0 Å². The molecule has 0 aromatic heterocycles. The first-order valence-electron chi connectivity index (χ1n) is 5.53. The van der Waals surface area contributed by atoms with Crippen molar-refractivity contribution >= 4 is 0 Å². The van der Waals surface area contributed by atoms with E-state index in [-0.39, 0.29) is 0 Å². The van der Waals surface area contributed by atoms with Crippen LogP contribution in [0.4, 0.5) is 0 Å². The average Bonchev–Trinajstić information content (AvgIpc) is 2.16. The van der Waals surface area contributed by atoms with E-state index in [9.17, 15) is 0 Å². The Labute approximate surface area is 82.0 Å². The van der Waals surface area contributed by atoms with E-state index in [4.69, 9.17) is 10.2 Å². The van der Waals surface area contributed by atoms with Crippen LogP contribution in [0.1, 0.15) is 51.9 Å². The molecule has 2 heteroatoms. The first-order chi connectivity index (χ1) is 6.31. The molecule has 1 atom stereocenters. The summed E-state index contributed by atoms with van der Waals surface area (Å²) in [6.07, 6.45) is 8.29. The average molecular weight is 188 g/mol. The summed E-state index contributed by atoms with van der Waals surface area (Å²) in [7, 11) is 0. The van der Waals surface area contributed by atoms with Crippen LogP contribution >= 0.6 is 0 Å². The molecule has 0 amide bonds. The predicted octanol–water partition coefficient (Wildman–Crippen LogP) is 2.34. The van der Waals surface area contributed by atoms with Crippen LogP contribution in [-0.2, 0) is 0 Å². The van der Waals surface area contributed by atoms with Gasteiger partial charge in [0.2, 0.25) is 0 Å². The lowest BCUT2D eigenvalue weighted by Gasteiger charge is -2.06. The van der Waals surface area contributed by atoms with Gasteiger partial charge in [0, 0.05) is 13.2 Å². The van der Waals surface area contributed by atoms with Crippen molar-refractivity contribution in [2.75, 3.05) is 13.2 Å². The van der Waals surface area contributed by atoms with E-state index in [0.717, 1.165) is 19.3 Å². The van der Waals surface area contributed by atoms with Crippen molar-refractivity contribution in [3.63, 3.8) is 0 Å². The third-order valence-corrected chi connectivity index (χ3v) is 2.42. The fraction of sp³-hybridized carbons (Fsp3) is 1.00. The molecule has 0 aromatic carbocycles. The van der Waals surface area contributed by atoms with Crippen LogP contribution < -0.4 is 0 Å². The van der Waals surface area contributed by atoms with Gasteiger partial charge in [-0.25, -0.2) is 0 Å². The summed E-state index contributed by atoms with van der Waals surface area (Å²) in [6.45, 7) is 2.75. The molecular weight excluding hydrogens is 164 g/mol. The van der Waals surface area contributed by atoms with Gasteiger partial charge >= 0.3 is 0 Å². The predicted molar refractivity (Wildman–Crippen MR) is 55.7 cm³/mol. The zero-order valence-corrected chi connectivity index (χ0v) is 8.84. The fourth-order valence-corrected chi connectivity index (χ4v) is 1.40. The molecule has 0 aliphatic carbocycles. The van der Waals surface area contributed by atoms with Gasteiger partial charge in [-0.1, -0.05) is 39.0 Å². The van der Waals surface area contributed by atoms with Crippen LogP contribution in [-0.4, -0.2) is 23.4 Å². The van der Waals surface area contributed by atoms with E-state index in [1.54, 1.807) is 0 Å². The van der Waals surface area contributed by atoms with Crippen molar-refractivity contribution in [2.45, 2.75) is 51.9 Å². The maximum absolute atomic E-state index is 8.78. The Hall–Kier alpha value is -0.0800. The Morgan fingerprint density at radius 1 is 0.846 bits per heavy atom. The molecule has 0 radical (unpaired) electrons. The Morgan fingerprint density at radius 2 is 1.38 bits per heavy atom. The minimum atomic E-state index is 0.324. The van der Waals surface area contributed by atoms with Gasteiger partial charge in [0.25, 0.3) is 0 Å². The van der Waals surface area contributed by atoms with Crippen LogP contribution in [0, 0.1) is 5.92 Å². The number of rotatable bonds is 9. The molecule has 0 saturated carbocycles. The molecule has 2 nitrogen and oxygen atoms in total. The molecule has 0 spiro atoms. The SMILES string of the molecule is CC(CO)CCCCCCCCO. The number of hydrogen-bond acceptors (Lipinski definition) is 2. The summed E-state index contributed by atoms with van der Waals surface area (Å²) in [5, 5.41) is 17.3. The maximum atomic E-state index is 8.78. The molecule has 0 aliphatic rings. The van der Waals surface area contributed by atoms with E-state index in [1.165, 1.54) is 25.7 Å². The second-order valence-corrected chi connectivity index (χ2v) is 3.92. The monoisotopic (exact) mass is 188 g/mol. The Balaban J connectivity index is 2.91. The second-order valence-electron chi connectivity index (χ2n) is 3.92. The number of aliphatic hydroxyl groups excluding tert-OH is 2. The van der Waals surface area contributed by atoms with E-state index in [2.05, 4.69) is 6.92 Å². The molecule has 0 aliphatic heterocycles. The largest absolute Gasteiger partial charge is 0.396 e. The summed E-state index contributed by atoms with van der Waals surface area (Å²) in [6, 6.07) is 0. The molecule has 0 saturated heterocycles. The van der Waals surface area contributed by atoms with Crippen molar-refractivity contribution < 1.29 is 10.2 Å². The lowest BCUT2D eigenvalue weighted by atomic mass is 10.0. The van der Waals surface area contributed by atoms with Gasteiger partial charge in [-0.05, 0) is 18.8 Å². The summed E-state index contributed by atoms with van der Waals surface area (Å²) in [5.74, 6) is 0.470. The molecule has 13 heavy (non-hydrogen) atoms. The highest BCUT2D eigenvalue weighted by molar-refractivity contribution is 4.51. The lowest BCUT2D eigenvalue weighted by molar-refractivity contribution is 0.227. The van der Waals surface area contributed by atoms with Crippen molar-refractivity contribution in [1.82, 2.24) is 0 Å². The van der Waals surface area contributed by atoms with Gasteiger partial charge in [-0.2, -0.15) is 0 Å². The zero-order chi connectivity index (χ0) is 9.94. The van der Waals surface area contributed by atoms with E-state index >= 15 is 0 Å². The molecule has 1 unspecified atom stereocenters. The third kappa shape index (κ3) is 9.84. The topological polar surface area (TPSA) is 40.5 Å². The summed E-state index contributed by atoms with van der Waals surface area (Å²) >= 11 is 0. The Kier molecular flexibility index (Phi) is 9.94. The van der Waals surface area contributed by atoms with Crippen molar-refractivity contribution in [1.29, 1.82) is 0 Å². The Bertz CT molecular complexity index is 94.1. The van der Waals surface area contributed by atoms with Crippen molar-refractivity contribution in [3.05, 3.63) is 0 Å². The van der Waals surface area contributed by atoms with E-state index in [0.29, 0.717) is 19.1 Å². The zero-order valence-electron chi connectivity index (χ0n) is 8.84. The normalized spacial score (nSPS) is 13.2. The number of aliphatic hydroxyl groups is 2. The molecule has 0 aromatic rings. The molecule has 2 N–H and O–H groups in total. The summed E-state index contributed by atoms with van der Waals surface area (Å²) in [5.41, 5.74) is 0. The van der Waals surface area contributed by atoms with Crippen LogP contribution in [0.15, 0.2) is 0 Å². The quantitative estimate of drug-likeness (QED) is 0.545. The highest BCUT2D eigenvalue weighted by Crippen LogP contribution is 2.11. The van der Waals surface area contributed by atoms with Crippen molar-refractivity contribution in [3.8, 4) is 0 Å². The molecule has 0 fully saturated rings. The fourth-order valence-electron chi connectivity index (χ4n) is 1.40. The number of hydrogen-bond donors (Lipinski definition) is 2. The van der Waals surface area contributed by atoms with Gasteiger partial charge in [0.1, 0.15) is 0 Å². The maximum Gasteiger partial charge on any atom is 0.0456 e. The minimum Gasteiger partial charge on any atom is -0.396 e. The smallest absolute Gasteiger partial charge is 0.0456 e. The lowest BCUT2D eigenvalue weighted by Crippen LogP contribution is -1.99. The van der Waals surface area contributed by atoms with Gasteiger partial charge in [0.05, 0.1) is 0 Å². The standard InChI is InChI=1S/C11H24O2/c1-11(10-13)8-6-4-2-3-5-7-9-12/h11-13H,2-10H2,1H3. The van der Waals surface area contributed by atoms with Gasteiger partial charge < -0.3 is 10.2 Å². The minimum absolute atomic E-state index is 0.324. The number of unbranched alkanes of at least 4 members (excludes halogenated alkanes) is 5. The van der Waals surface area contributed by atoms with Crippen LogP contribution in [0.2, 0.25) is 0 Å². The molecule has 0 rings (SSSR count). The van der Waals surface area contributed by atoms with Gasteiger partial charge in [0.15, 0.2) is 0 Å². The van der Waals surface area contributed by atoms with Crippen LogP contribution in [0.25, 0.3) is 0 Å². The van der Waals surface area contributed by atoms with Gasteiger partial charge in [-0.15, -0.1) is 0 Å². The Morgan fingerprint density at radius 3 is 1.92 bits per heavy atom. The summed E-state index contributed by atoms with van der Waals surface area (Å²) in [4.78, 5) is 0. The summed E-state index contributed by atoms with van der Waals surface area (Å²) < 4.78 is 0. The van der Waals surface area contributed by atoms with Crippen molar-refractivity contribution in [2.24, 2.45) is 5.92 Å². The second kappa shape index (κ2) is 10.0. The first-order valence-corrected chi connectivity index (χ1v) is 5.53. The third-order valence-electron chi connectivity index (χ3n) is 2.42. The van der Waals surface area contributed by atoms with Gasteiger partial charge in [-0.3, -0.25) is 0 Å². The van der Waals surface area contributed by atoms with E-state index in [1.807, 2.05) is 0 Å². The molecule has 80 valence electrons. The molecule has 0 heterocycles.